The van der Waals surface area contributed by atoms with Crippen LogP contribution in [-0.2, 0) is 47.4 Å². The highest BCUT2D eigenvalue weighted by Crippen LogP contribution is 1.89. The molecular weight excluding hydrogens is 821 g/mol. The van der Waals surface area contributed by atoms with Crippen molar-refractivity contribution in [3.05, 3.63) is 0 Å². The third-order valence-corrected chi connectivity index (χ3v) is 6.25. The SMILES string of the molecule is CCC.CCC.CCCCOCCC.CCCCOCCC.CCCOCC.CCCOCCC.CCCOCCC.CCCOCCOCC.CCOCC.CCOCCCOCC. The minimum Gasteiger partial charge on any atom is -0.382 e. The predicted octanol–water partition coefficient (Wildman–Crippen LogP) is 16.3. The summed E-state index contributed by atoms with van der Waals surface area (Å²) in [7, 11) is 0. The zero-order valence-corrected chi connectivity index (χ0v) is 48.8. The van der Waals surface area contributed by atoms with Gasteiger partial charge in [-0.15, -0.1) is 0 Å². The van der Waals surface area contributed by atoms with Crippen LogP contribution in [0.2, 0.25) is 0 Å². The lowest BCUT2D eigenvalue weighted by Crippen LogP contribution is -2.03. The zero-order chi connectivity index (χ0) is 51.8. The largest absolute Gasteiger partial charge is 0.382 e. The van der Waals surface area contributed by atoms with Crippen molar-refractivity contribution in [1.29, 1.82) is 0 Å². The van der Waals surface area contributed by atoms with Crippen LogP contribution in [-0.4, -0.2) is 132 Å². The summed E-state index contributed by atoms with van der Waals surface area (Å²) in [5.74, 6) is 0. The van der Waals surface area contributed by atoms with Gasteiger partial charge < -0.3 is 47.4 Å². The molecule has 0 atom stereocenters. The highest BCUT2D eigenvalue weighted by molar-refractivity contribution is 4.33. The van der Waals surface area contributed by atoms with Crippen molar-refractivity contribution in [1.82, 2.24) is 0 Å². The topological polar surface area (TPSA) is 92.3 Å². The molecule has 10 heteroatoms. The Morgan fingerprint density at radius 3 is 0.523 bits per heavy atom. The van der Waals surface area contributed by atoms with Gasteiger partial charge in [0.15, 0.2) is 0 Å². The smallest absolute Gasteiger partial charge is 0.0700 e. The Hall–Kier alpha value is -0.400. The first-order valence-electron chi connectivity index (χ1n) is 27.4. The first-order valence-corrected chi connectivity index (χ1v) is 27.4. The van der Waals surface area contributed by atoms with Gasteiger partial charge in [-0.3, -0.25) is 0 Å². The second-order valence-electron chi connectivity index (χ2n) is 14.1. The van der Waals surface area contributed by atoms with Crippen molar-refractivity contribution >= 4 is 0 Å². The van der Waals surface area contributed by atoms with E-state index < -0.39 is 0 Å². The number of unbranched alkanes of at least 4 members (excludes halogenated alkanes) is 2. The molecule has 0 saturated carbocycles. The number of rotatable bonds is 35. The molecular formula is C55H130O10. The van der Waals surface area contributed by atoms with E-state index in [0.717, 1.165) is 190 Å². The lowest BCUT2D eigenvalue weighted by Gasteiger charge is -2.00. The van der Waals surface area contributed by atoms with Gasteiger partial charge in [0.05, 0.1) is 13.2 Å². The van der Waals surface area contributed by atoms with Crippen LogP contribution in [0.25, 0.3) is 0 Å². The van der Waals surface area contributed by atoms with Gasteiger partial charge in [0, 0.05) is 119 Å². The van der Waals surface area contributed by atoms with Crippen LogP contribution in [0.5, 0.6) is 0 Å². The molecule has 0 fully saturated rings. The molecule has 0 aliphatic carbocycles. The molecule has 0 aromatic carbocycles. The second-order valence-corrected chi connectivity index (χ2v) is 14.1. The van der Waals surface area contributed by atoms with Gasteiger partial charge in [-0.25, -0.2) is 0 Å². The molecule has 0 radical (unpaired) electrons. The van der Waals surface area contributed by atoms with Crippen LogP contribution in [0.4, 0.5) is 0 Å². The minimum atomic E-state index is 0.733. The van der Waals surface area contributed by atoms with Gasteiger partial charge >= 0.3 is 0 Å². The molecule has 0 amide bonds. The maximum atomic E-state index is 5.22. The highest BCUT2D eigenvalue weighted by Gasteiger charge is 1.86. The summed E-state index contributed by atoms with van der Waals surface area (Å²) in [5, 5.41) is 0. The van der Waals surface area contributed by atoms with E-state index in [2.05, 4.69) is 96.9 Å². The Balaban J connectivity index is -0.0000000656. The summed E-state index contributed by atoms with van der Waals surface area (Å²) in [6.45, 7) is 59.1. The molecule has 0 rings (SSSR count). The molecule has 0 heterocycles. The predicted molar refractivity (Wildman–Crippen MR) is 291 cm³/mol. The zero-order valence-electron chi connectivity index (χ0n) is 48.8. The molecule has 0 saturated heterocycles. The van der Waals surface area contributed by atoms with E-state index >= 15 is 0 Å². The second kappa shape index (κ2) is 125. The number of hydrogen-bond acceptors (Lipinski definition) is 10. The van der Waals surface area contributed by atoms with E-state index in [-0.39, 0.29) is 0 Å². The van der Waals surface area contributed by atoms with Crippen molar-refractivity contribution in [3.63, 3.8) is 0 Å². The van der Waals surface area contributed by atoms with Crippen molar-refractivity contribution in [2.45, 2.75) is 235 Å². The van der Waals surface area contributed by atoms with Gasteiger partial charge in [-0.1, -0.05) is 123 Å². The summed E-state index contributed by atoms with van der Waals surface area (Å²) in [4.78, 5) is 0. The van der Waals surface area contributed by atoms with Gasteiger partial charge in [0.2, 0.25) is 0 Å². The molecule has 410 valence electrons. The van der Waals surface area contributed by atoms with Gasteiger partial charge in [0.25, 0.3) is 0 Å². The number of hydrogen-bond donors (Lipinski definition) is 0. The van der Waals surface area contributed by atoms with Crippen LogP contribution >= 0.6 is 0 Å². The Kier molecular flexibility index (Phi) is 169. The summed E-state index contributed by atoms with van der Waals surface area (Å²) in [6.07, 6.45) is 17.5. The first-order chi connectivity index (χ1) is 31.6. The quantitative estimate of drug-likeness (QED) is 0.0572. The third kappa shape index (κ3) is 202. The monoisotopic (exact) mass is 951 g/mol. The van der Waals surface area contributed by atoms with E-state index in [0.29, 0.717) is 0 Å². The van der Waals surface area contributed by atoms with Crippen LogP contribution in [0, 0.1) is 0 Å². The van der Waals surface area contributed by atoms with Crippen molar-refractivity contribution in [2.24, 2.45) is 0 Å². The highest BCUT2D eigenvalue weighted by atomic mass is 16.5. The molecule has 0 unspecified atom stereocenters. The van der Waals surface area contributed by atoms with E-state index in [4.69, 9.17) is 47.4 Å². The van der Waals surface area contributed by atoms with Crippen LogP contribution in [0.3, 0.4) is 0 Å². The molecule has 10 nitrogen and oxygen atoms in total. The fourth-order valence-electron chi connectivity index (χ4n) is 3.32. The van der Waals surface area contributed by atoms with Gasteiger partial charge in [0.1, 0.15) is 0 Å². The molecule has 0 N–H and O–H groups in total. The Morgan fingerprint density at radius 1 is 0.154 bits per heavy atom. The fraction of sp³-hybridized carbons (Fsp3) is 1.00. The van der Waals surface area contributed by atoms with Crippen LogP contribution < -0.4 is 0 Å². The Bertz CT molecular complexity index is 459. The lowest BCUT2D eigenvalue weighted by molar-refractivity contribution is 0.0531. The molecule has 0 spiro atoms. The molecule has 0 aromatic rings. The van der Waals surface area contributed by atoms with E-state index in [9.17, 15) is 0 Å². The average molecular weight is 952 g/mol. The maximum Gasteiger partial charge on any atom is 0.0700 e. The van der Waals surface area contributed by atoms with Crippen LogP contribution in [0.1, 0.15) is 235 Å². The Labute approximate surface area is 413 Å². The van der Waals surface area contributed by atoms with Gasteiger partial charge in [-0.2, -0.15) is 0 Å². The molecule has 0 aromatic heterocycles. The van der Waals surface area contributed by atoms with E-state index in [1.54, 1.807) is 0 Å². The molecule has 0 aliphatic heterocycles. The summed E-state index contributed by atoms with van der Waals surface area (Å²) in [5.41, 5.74) is 0. The third-order valence-electron chi connectivity index (χ3n) is 6.25. The molecule has 0 bridgehead atoms. The van der Waals surface area contributed by atoms with Crippen LogP contribution in [0.15, 0.2) is 0 Å². The first kappa shape index (κ1) is 87.7. The number of ether oxygens (including phenoxy) is 10. The summed E-state index contributed by atoms with van der Waals surface area (Å²) in [6, 6.07) is 0. The van der Waals surface area contributed by atoms with Gasteiger partial charge in [-0.05, 0) is 112 Å². The maximum absolute atomic E-state index is 5.22. The minimum absolute atomic E-state index is 0.733. The summed E-state index contributed by atoms with van der Waals surface area (Å²) >= 11 is 0. The van der Waals surface area contributed by atoms with E-state index in [1.165, 1.54) is 38.5 Å². The van der Waals surface area contributed by atoms with Crippen molar-refractivity contribution < 1.29 is 47.4 Å². The molecule has 0 aliphatic rings. The normalized spacial score (nSPS) is 9.23. The lowest BCUT2D eigenvalue weighted by atomic mass is 10.4. The van der Waals surface area contributed by atoms with E-state index in [1.807, 2.05) is 41.5 Å². The standard InChI is InChI=1S/2C7H16O2.2C7H16O.2C6H14O.C5H12O.C4H10O.2C3H8/c1-3-8-6-5-7-9-4-2;1-3-5-9-7-6-8-4-2;2*1-3-5-7-8-6-4-2;2*1-3-5-7-6-4-2;1-3-5-6-4-2;1-3-5-4-2;2*1-3-2/h2*3-7H2,1-2H3;2*3-7H2,1-2H3;2*3-6H2,1-2H3;3-5H2,1-2H3;3-4H2,1-2H3;2*3H2,1-2H3. The average Bonchev–Trinajstić information content (AvgIpc) is 3.31. The Morgan fingerprint density at radius 2 is 0.323 bits per heavy atom. The van der Waals surface area contributed by atoms with Crippen molar-refractivity contribution in [2.75, 3.05) is 132 Å². The summed E-state index contributed by atoms with van der Waals surface area (Å²) < 4.78 is 50.9. The van der Waals surface area contributed by atoms with Crippen molar-refractivity contribution in [3.8, 4) is 0 Å². The molecule has 65 heavy (non-hydrogen) atoms. The fourth-order valence-corrected chi connectivity index (χ4v) is 3.32.